The summed E-state index contributed by atoms with van der Waals surface area (Å²) in [6.45, 7) is 0. The third-order valence-corrected chi connectivity index (χ3v) is 8.06. The van der Waals surface area contributed by atoms with Gasteiger partial charge in [0.1, 0.15) is 4.33 Å². The zero-order chi connectivity index (χ0) is 14.4. The maximum absolute atomic E-state index is 6.94. The van der Waals surface area contributed by atoms with Crippen molar-refractivity contribution in [2.75, 3.05) is 14.2 Å². The Morgan fingerprint density at radius 3 is 1.35 bits per heavy atom. The summed E-state index contributed by atoms with van der Waals surface area (Å²) >= 11 is 13.9. The summed E-state index contributed by atoms with van der Waals surface area (Å²) in [6.07, 6.45) is 10.9. The van der Waals surface area contributed by atoms with Crippen LogP contribution in [0.15, 0.2) is 0 Å². The van der Waals surface area contributed by atoms with Gasteiger partial charge >= 0.3 is 0 Å². The topological polar surface area (TPSA) is 18.5 Å². The first kappa shape index (κ1) is 15.4. The normalized spacial score (nSPS) is 47.4. The third kappa shape index (κ3) is 2.06. The highest BCUT2D eigenvalue weighted by Crippen LogP contribution is 2.76. The van der Waals surface area contributed by atoms with Gasteiger partial charge in [0.2, 0.25) is 0 Å². The van der Waals surface area contributed by atoms with Crippen LogP contribution in [0.4, 0.5) is 0 Å². The summed E-state index contributed by atoms with van der Waals surface area (Å²) in [5.41, 5.74) is 0.288. The molecule has 0 heterocycles. The Hall–Kier alpha value is 0.500. The molecule has 0 amide bonds. The van der Waals surface area contributed by atoms with E-state index in [-0.39, 0.29) is 10.8 Å². The second kappa shape index (κ2) is 5.30. The minimum Gasteiger partial charge on any atom is -0.381 e. The molecule has 3 aliphatic rings. The van der Waals surface area contributed by atoms with E-state index in [1.54, 1.807) is 0 Å². The van der Waals surface area contributed by atoms with Crippen LogP contribution in [0.3, 0.4) is 0 Å². The summed E-state index contributed by atoms with van der Waals surface area (Å²) in [7, 11) is 3.62. The standard InChI is InChI=1S/C16H26Cl2O2/c1-19-12-3-7-14(8-4-12)11-15(16(14,17)18)9-5-13(20-2)6-10-15/h12-13H,3-11H2,1-2H3. The maximum Gasteiger partial charge on any atom is 0.129 e. The molecule has 0 N–H and O–H groups in total. The van der Waals surface area contributed by atoms with E-state index in [2.05, 4.69) is 0 Å². The molecular formula is C16H26Cl2O2. The van der Waals surface area contributed by atoms with E-state index < -0.39 is 4.33 Å². The number of rotatable bonds is 2. The van der Waals surface area contributed by atoms with Crippen molar-refractivity contribution in [1.82, 2.24) is 0 Å². The van der Waals surface area contributed by atoms with Gasteiger partial charge in [0.25, 0.3) is 0 Å². The molecule has 0 radical (unpaired) electrons. The fraction of sp³-hybridized carbons (Fsp3) is 1.00. The lowest BCUT2D eigenvalue weighted by atomic mass is 9.44. The van der Waals surface area contributed by atoms with E-state index in [1.165, 1.54) is 6.42 Å². The molecule has 2 spiro atoms. The monoisotopic (exact) mass is 320 g/mol. The van der Waals surface area contributed by atoms with E-state index in [1.807, 2.05) is 14.2 Å². The number of hydrogen-bond acceptors (Lipinski definition) is 2. The molecule has 2 nitrogen and oxygen atoms in total. The van der Waals surface area contributed by atoms with E-state index in [0.29, 0.717) is 12.2 Å². The lowest BCUT2D eigenvalue weighted by Gasteiger charge is -2.69. The summed E-state index contributed by atoms with van der Waals surface area (Å²) in [6, 6.07) is 0. The number of halogens is 2. The van der Waals surface area contributed by atoms with Gasteiger partial charge in [0.05, 0.1) is 12.2 Å². The maximum atomic E-state index is 6.94. The van der Waals surface area contributed by atoms with Crippen LogP contribution >= 0.6 is 23.2 Å². The zero-order valence-electron chi connectivity index (χ0n) is 12.6. The van der Waals surface area contributed by atoms with Gasteiger partial charge in [0, 0.05) is 25.0 Å². The molecule has 3 aliphatic carbocycles. The number of hydrogen-bond donors (Lipinski definition) is 0. The van der Waals surface area contributed by atoms with Crippen LogP contribution in [0, 0.1) is 10.8 Å². The lowest BCUT2D eigenvalue weighted by molar-refractivity contribution is -0.133. The first-order valence-corrected chi connectivity index (χ1v) is 8.68. The van der Waals surface area contributed by atoms with Gasteiger partial charge in [-0.3, -0.25) is 0 Å². The van der Waals surface area contributed by atoms with Crippen LogP contribution in [-0.4, -0.2) is 30.8 Å². The average molecular weight is 321 g/mol. The second-order valence-electron chi connectivity index (χ2n) is 7.18. The van der Waals surface area contributed by atoms with Gasteiger partial charge in [-0.15, -0.1) is 23.2 Å². The fourth-order valence-corrected chi connectivity index (χ4v) is 6.09. The second-order valence-corrected chi connectivity index (χ2v) is 8.51. The Morgan fingerprint density at radius 1 is 0.750 bits per heavy atom. The van der Waals surface area contributed by atoms with Crippen molar-refractivity contribution < 1.29 is 9.47 Å². The van der Waals surface area contributed by atoms with E-state index in [9.17, 15) is 0 Å². The minimum atomic E-state index is -0.544. The van der Waals surface area contributed by atoms with Gasteiger partial charge < -0.3 is 9.47 Å². The summed E-state index contributed by atoms with van der Waals surface area (Å²) in [5, 5.41) is 0. The van der Waals surface area contributed by atoms with Gasteiger partial charge in [-0.1, -0.05) is 0 Å². The summed E-state index contributed by atoms with van der Waals surface area (Å²) in [4.78, 5) is 0. The predicted molar refractivity (Wildman–Crippen MR) is 82.5 cm³/mol. The molecule has 0 atom stereocenters. The van der Waals surface area contributed by atoms with Crippen LogP contribution in [0.1, 0.15) is 57.8 Å². The number of alkyl halides is 2. The molecule has 0 aromatic heterocycles. The van der Waals surface area contributed by atoms with Crippen molar-refractivity contribution in [3.63, 3.8) is 0 Å². The van der Waals surface area contributed by atoms with Crippen LogP contribution in [0.25, 0.3) is 0 Å². The van der Waals surface area contributed by atoms with E-state index in [0.717, 1.165) is 51.4 Å². The fourth-order valence-electron chi connectivity index (χ4n) is 5.07. The van der Waals surface area contributed by atoms with Gasteiger partial charge in [-0.2, -0.15) is 0 Å². The Morgan fingerprint density at radius 2 is 1.10 bits per heavy atom. The number of methoxy groups -OCH3 is 2. The molecular weight excluding hydrogens is 295 g/mol. The molecule has 0 aromatic carbocycles. The molecule has 0 bridgehead atoms. The van der Waals surface area contributed by atoms with Crippen molar-refractivity contribution in [2.24, 2.45) is 10.8 Å². The molecule has 3 saturated carbocycles. The Bertz CT molecular complexity index is 321. The third-order valence-electron chi connectivity index (χ3n) is 6.46. The Balaban J connectivity index is 1.68. The molecule has 0 saturated heterocycles. The molecule has 0 aliphatic heterocycles. The summed E-state index contributed by atoms with van der Waals surface area (Å²) in [5.74, 6) is 0. The lowest BCUT2D eigenvalue weighted by Crippen LogP contribution is -2.67. The average Bonchev–Trinajstić information content (AvgIpc) is 2.48. The SMILES string of the molecule is COC1CCC2(CC1)CC1(CCC(OC)CC1)C2(Cl)Cl. The first-order chi connectivity index (χ1) is 9.49. The van der Waals surface area contributed by atoms with Crippen molar-refractivity contribution in [2.45, 2.75) is 74.3 Å². The number of ether oxygens (including phenoxy) is 2. The highest BCUT2D eigenvalue weighted by Gasteiger charge is 2.72. The van der Waals surface area contributed by atoms with E-state index >= 15 is 0 Å². The van der Waals surface area contributed by atoms with Gasteiger partial charge in [-0.25, -0.2) is 0 Å². The highest BCUT2D eigenvalue weighted by atomic mass is 35.5. The van der Waals surface area contributed by atoms with Crippen LogP contribution in [0.5, 0.6) is 0 Å². The molecule has 0 unspecified atom stereocenters. The van der Waals surface area contributed by atoms with Crippen molar-refractivity contribution in [1.29, 1.82) is 0 Å². The molecule has 3 rings (SSSR count). The quantitative estimate of drug-likeness (QED) is 0.686. The van der Waals surface area contributed by atoms with Crippen LogP contribution in [-0.2, 0) is 9.47 Å². The van der Waals surface area contributed by atoms with Crippen LogP contribution in [0.2, 0.25) is 0 Å². The van der Waals surface area contributed by atoms with E-state index in [4.69, 9.17) is 32.7 Å². The van der Waals surface area contributed by atoms with Crippen molar-refractivity contribution in [3.8, 4) is 0 Å². The van der Waals surface area contributed by atoms with Crippen molar-refractivity contribution >= 4 is 23.2 Å². The van der Waals surface area contributed by atoms with Gasteiger partial charge in [0.15, 0.2) is 0 Å². The molecule has 3 fully saturated rings. The van der Waals surface area contributed by atoms with Crippen molar-refractivity contribution in [3.05, 3.63) is 0 Å². The first-order valence-electron chi connectivity index (χ1n) is 7.92. The van der Waals surface area contributed by atoms with Gasteiger partial charge in [-0.05, 0) is 57.8 Å². The predicted octanol–water partition coefficient (Wildman–Crippen LogP) is 4.71. The Labute approximate surface area is 132 Å². The molecule has 4 heteroatoms. The summed E-state index contributed by atoms with van der Waals surface area (Å²) < 4.78 is 10.4. The zero-order valence-corrected chi connectivity index (χ0v) is 14.1. The minimum absolute atomic E-state index is 0.144. The Kier molecular flexibility index (Phi) is 4.08. The highest BCUT2D eigenvalue weighted by molar-refractivity contribution is 6.50. The largest absolute Gasteiger partial charge is 0.381 e. The van der Waals surface area contributed by atoms with Crippen LogP contribution < -0.4 is 0 Å². The molecule has 20 heavy (non-hydrogen) atoms. The molecule has 0 aromatic rings. The molecule has 116 valence electrons. The smallest absolute Gasteiger partial charge is 0.129 e.